The number of hydrazine groups is 1. The van der Waals surface area contributed by atoms with Crippen LogP contribution >= 0.6 is 50.1 Å². The Morgan fingerprint density at radius 1 is 1.30 bits per heavy atom. The molecule has 0 bridgehead atoms. The Morgan fingerprint density at radius 3 is 2.65 bits per heavy atom. The summed E-state index contributed by atoms with van der Waals surface area (Å²) in [6.07, 6.45) is 0.451. The molecule has 2 nitrogen and oxygen atoms in total. The Morgan fingerprint density at radius 2 is 2.05 bits per heavy atom. The van der Waals surface area contributed by atoms with Gasteiger partial charge in [-0.25, -0.2) is 4.39 Å². The van der Waals surface area contributed by atoms with Crippen LogP contribution in [0.4, 0.5) is 4.39 Å². The van der Waals surface area contributed by atoms with Crippen LogP contribution in [0.15, 0.2) is 40.9 Å². The molecule has 0 aliphatic rings. The first-order valence-corrected chi connectivity index (χ1v) is 8.11. The maximum Gasteiger partial charge on any atom is 0.127 e. The normalized spacial score (nSPS) is 12.4. The van der Waals surface area contributed by atoms with E-state index in [4.69, 9.17) is 17.4 Å². The molecule has 0 aromatic heterocycles. The molecule has 0 fully saturated rings. The van der Waals surface area contributed by atoms with Gasteiger partial charge in [0.1, 0.15) is 5.82 Å². The lowest BCUT2D eigenvalue weighted by atomic mass is 9.99. The largest absolute Gasteiger partial charge is 0.271 e. The molecule has 1 atom stereocenters. The number of rotatable bonds is 4. The molecule has 106 valence electrons. The smallest absolute Gasteiger partial charge is 0.127 e. The fraction of sp³-hybridized carbons (Fsp3) is 0.143. The SMILES string of the molecule is NNC(Cc1ccc(Br)cc1F)c1ccc(I)c(Cl)c1. The Bertz CT molecular complexity index is 624. The van der Waals surface area contributed by atoms with Gasteiger partial charge < -0.3 is 0 Å². The van der Waals surface area contributed by atoms with E-state index in [1.165, 1.54) is 6.07 Å². The molecule has 3 N–H and O–H groups in total. The van der Waals surface area contributed by atoms with Crippen LogP contribution in [-0.2, 0) is 6.42 Å². The third kappa shape index (κ3) is 3.92. The van der Waals surface area contributed by atoms with Crippen molar-refractivity contribution < 1.29 is 4.39 Å². The lowest BCUT2D eigenvalue weighted by Gasteiger charge is -2.17. The molecule has 0 spiro atoms. The van der Waals surface area contributed by atoms with E-state index in [9.17, 15) is 4.39 Å². The summed E-state index contributed by atoms with van der Waals surface area (Å²) in [4.78, 5) is 0. The van der Waals surface area contributed by atoms with E-state index in [-0.39, 0.29) is 11.9 Å². The average Bonchev–Trinajstić information content (AvgIpc) is 2.41. The summed E-state index contributed by atoms with van der Waals surface area (Å²) in [6.45, 7) is 0. The van der Waals surface area contributed by atoms with Gasteiger partial charge >= 0.3 is 0 Å². The van der Waals surface area contributed by atoms with Crippen molar-refractivity contribution in [1.29, 1.82) is 0 Å². The molecule has 0 aliphatic carbocycles. The van der Waals surface area contributed by atoms with E-state index in [2.05, 4.69) is 43.9 Å². The van der Waals surface area contributed by atoms with Crippen molar-refractivity contribution in [2.75, 3.05) is 0 Å². The number of benzene rings is 2. The van der Waals surface area contributed by atoms with Gasteiger partial charge in [-0.15, -0.1) is 0 Å². The van der Waals surface area contributed by atoms with E-state index in [0.717, 1.165) is 9.13 Å². The van der Waals surface area contributed by atoms with Crippen molar-refractivity contribution in [3.63, 3.8) is 0 Å². The fourth-order valence-electron chi connectivity index (χ4n) is 1.91. The molecule has 0 saturated heterocycles. The standard InChI is InChI=1S/C14H12BrClFIN2/c15-10-3-1-8(12(17)7-10)6-14(20-19)9-2-4-13(18)11(16)5-9/h1-5,7,14,20H,6,19H2. The van der Waals surface area contributed by atoms with E-state index < -0.39 is 0 Å². The maximum atomic E-state index is 13.9. The number of hydrogen-bond donors (Lipinski definition) is 2. The highest BCUT2D eigenvalue weighted by molar-refractivity contribution is 14.1. The molecule has 0 saturated carbocycles. The zero-order chi connectivity index (χ0) is 14.7. The van der Waals surface area contributed by atoms with Crippen LogP contribution in [0.2, 0.25) is 5.02 Å². The second kappa shape index (κ2) is 7.17. The van der Waals surface area contributed by atoms with E-state index in [1.54, 1.807) is 6.07 Å². The van der Waals surface area contributed by atoms with E-state index >= 15 is 0 Å². The molecule has 1 unspecified atom stereocenters. The van der Waals surface area contributed by atoms with Gasteiger partial charge in [0.2, 0.25) is 0 Å². The predicted molar refractivity (Wildman–Crippen MR) is 92.0 cm³/mol. The van der Waals surface area contributed by atoms with Crippen molar-refractivity contribution >= 4 is 50.1 Å². The summed E-state index contributed by atoms with van der Waals surface area (Å²) >= 11 is 11.5. The highest BCUT2D eigenvalue weighted by Crippen LogP contribution is 2.26. The molecule has 2 aromatic rings. The zero-order valence-electron chi connectivity index (χ0n) is 10.3. The van der Waals surface area contributed by atoms with Crippen molar-refractivity contribution in [2.45, 2.75) is 12.5 Å². The van der Waals surface area contributed by atoms with Crippen molar-refractivity contribution in [2.24, 2.45) is 5.84 Å². The Hall–Kier alpha value is -0.210. The van der Waals surface area contributed by atoms with Gasteiger partial charge in [-0.2, -0.15) is 0 Å². The monoisotopic (exact) mass is 468 g/mol. The third-order valence-corrected chi connectivity index (χ3v) is 5.05. The Labute approximate surface area is 144 Å². The molecule has 2 rings (SSSR count). The summed E-state index contributed by atoms with van der Waals surface area (Å²) in [5, 5.41) is 0.666. The van der Waals surface area contributed by atoms with Crippen molar-refractivity contribution in [3.8, 4) is 0 Å². The summed E-state index contributed by atoms with van der Waals surface area (Å²) in [6, 6.07) is 10.5. The number of halogens is 4. The highest BCUT2D eigenvalue weighted by atomic mass is 127. The molecule has 0 aliphatic heterocycles. The van der Waals surface area contributed by atoms with E-state index in [1.807, 2.05) is 24.3 Å². The first kappa shape index (κ1) is 16.2. The first-order valence-electron chi connectivity index (χ1n) is 5.86. The van der Waals surface area contributed by atoms with Crippen LogP contribution in [0, 0.1) is 9.39 Å². The summed E-state index contributed by atoms with van der Waals surface area (Å²) in [5.74, 6) is 5.34. The van der Waals surface area contributed by atoms with Crippen LogP contribution in [-0.4, -0.2) is 0 Å². The van der Waals surface area contributed by atoms with Gasteiger partial charge in [-0.1, -0.05) is 39.7 Å². The number of nitrogens with two attached hydrogens (primary N) is 1. The number of hydrogen-bond acceptors (Lipinski definition) is 2. The van der Waals surface area contributed by atoms with Gasteiger partial charge in [-0.3, -0.25) is 11.3 Å². The van der Waals surface area contributed by atoms with Crippen LogP contribution in [0.25, 0.3) is 0 Å². The second-order valence-electron chi connectivity index (χ2n) is 4.33. The fourth-order valence-corrected chi connectivity index (χ4v) is 2.77. The lowest BCUT2D eigenvalue weighted by Crippen LogP contribution is -2.29. The third-order valence-electron chi connectivity index (χ3n) is 2.99. The first-order chi connectivity index (χ1) is 9.51. The topological polar surface area (TPSA) is 38.0 Å². The highest BCUT2D eigenvalue weighted by Gasteiger charge is 2.14. The van der Waals surface area contributed by atoms with E-state index in [0.29, 0.717) is 21.5 Å². The van der Waals surface area contributed by atoms with Crippen LogP contribution in [0.5, 0.6) is 0 Å². The van der Waals surface area contributed by atoms with Gasteiger partial charge in [0, 0.05) is 8.04 Å². The molecule has 20 heavy (non-hydrogen) atoms. The second-order valence-corrected chi connectivity index (χ2v) is 6.82. The van der Waals surface area contributed by atoms with Gasteiger partial charge in [0.15, 0.2) is 0 Å². The minimum absolute atomic E-state index is 0.194. The maximum absolute atomic E-state index is 13.9. The molecule has 0 heterocycles. The summed E-state index contributed by atoms with van der Waals surface area (Å²) in [7, 11) is 0. The molecular weight excluding hydrogens is 457 g/mol. The molecular formula is C14H12BrClFIN2. The van der Waals surface area contributed by atoms with Crippen molar-refractivity contribution in [1.82, 2.24) is 5.43 Å². The van der Waals surface area contributed by atoms with Gasteiger partial charge in [0.25, 0.3) is 0 Å². The van der Waals surface area contributed by atoms with Crippen LogP contribution in [0.1, 0.15) is 17.2 Å². The zero-order valence-corrected chi connectivity index (χ0v) is 14.8. The lowest BCUT2D eigenvalue weighted by molar-refractivity contribution is 0.529. The molecule has 2 aromatic carbocycles. The molecule has 0 amide bonds. The minimum atomic E-state index is -0.253. The summed E-state index contributed by atoms with van der Waals surface area (Å²) < 4.78 is 15.6. The Balaban J connectivity index is 2.26. The summed E-state index contributed by atoms with van der Waals surface area (Å²) in [5.41, 5.74) is 4.25. The Kier molecular flexibility index (Phi) is 5.80. The average molecular weight is 470 g/mol. The number of nitrogens with one attached hydrogen (secondary N) is 1. The van der Waals surface area contributed by atoms with Crippen molar-refractivity contribution in [3.05, 3.63) is 66.4 Å². The van der Waals surface area contributed by atoms with Crippen LogP contribution < -0.4 is 11.3 Å². The van der Waals surface area contributed by atoms with Crippen LogP contribution in [0.3, 0.4) is 0 Å². The minimum Gasteiger partial charge on any atom is -0.271 e. The predicted octanol–water partition coefficient (Wildman–Crippen LogP) is 4.59. The van der Waals surface area contributed by atoms with Gasteiger partial charge in [0.05, 0.1) is 11.1 Å². The molecule has 0 radical (unpaired) electrons. The quantitative estimate of drug-likeness (QED) is 0.391. The molecule has 6 heteroatoms. The van der Waals surface area contributed by atoms with Gasteiger partial charge in [-0.05, 0) is 64.4 Å².